The third-order valence-electron chi connectivity index (χ3n) is 6.52. The summed E-state index contributed by atoms with van der Waals surface area (Å²) in [5.74, 6) is 0.950. The standard InChI is InChI=1S/C31H21N3/c1-4-12-22(13-5-1)31-32-30-28(34(31)24-16-8-3-9-17-24)21-20-27-29(30)25-18-10-11-19-26(25)33(27)23-14-6-2-7-15-23/h1-21H. The molecular weight excluding hydrogens is 414 g/mol. The van der Waals surface area contributed by atoms with Crippen LogP contribution in [0.4, 0.5) is 0 Å². The van der Waals surface area contributed by atoms with Gasteiger partial charge in [-0.2, -0.15) is 0 Å². The van der Waals surface area contributed by atoms with Gasteiger partial charge in [0.15, 0.2) is 0 Å². The van der Waals surface area contributed by atoms with Gasteiger partial charge >= 0.3 is 0 Å². The molecule has 0 saturated carbocycles. The van der Waals surface area contributed by atoms with Gasteiger partial charge in [0.2, 0.25) is 0 Å². The molecule has 0 fully saturated rings. The van der Waals surface area contributed by atoms with Crippen LogP contribution in [-0.2, 0) is 0 Å². The van der Waals surface area contributed by atoms with E-state index in [0.29, 0.717) is 0 Å². The quantitative estimate of drug-likeness (QED) is 0.278. The van der Waals surface area contributed by atoms with Crippen molar-refractivity contribution in [2.45, 2.75) is 0 Å². The molecule has 0 N–H and O–H groups in total. The molecule has 0 radical (unpaired) electrons. The van der Waals surface area contributed by atoms with Crippen molar-refractivity contribution in [1.29, 1.82) is 0 Å². The molecule has 0 aliphatic heterocycles. The Hall–Kier alpha value is -4.63. The van der Waals surface area contributed by atoms with Crippen LogP contribution in [-0.4, -0.2) is 14.1 Å². The Morgan fingerprint density at radius 1 is 0.441 bits per heavy atom. The zero-order valence-corrected chi connectivity index (χ0v) is 18.5. The third-order valence-corrected chi connectivity index (χ3v) is 6.52. The highest BCUT2D eigenvalue weighted by molar-refractivity contribution is 6.20. The van der Waals surface area contributed by atoms with E-state index in [1.165, 1.54) is 16.3 Å². The fourth-order valence-corrected chi connectivity index (χ4v) is 5.07. The summed E-state index contributed by atoms with van der Waals surface area (Å²) in [4.78, 5) is 5.29. The van der Waals surface area contributed by atoms with E-state index in [4.69, 9.17) is 4.98 Å². The van der Waals surface area contributed by atoms with Crippen LogP contribution >= 0.6 is 0 Å². The minimum atomic E-state index is 0.950. The number of para-hydroxylation sites is 3. The van der Waals surface area contributed by atoms with E-state index < -0.39 is 0 Å². The first-order valence-corrected chi connectivity index (χ1v) is 11.5. The van der Waals surface area contributed by atoms with Gasteiger partial charge in [0.1, 0.15) is 5.82 Å². The van der Waals surface area contributed by atoms with E-state index in [-0.39, 0.29) is 0 Å². The number of hydrogen-bond acceptors (Lipinski definition) is 1. The van der Waals surface area contributed by atoms with E-state index in [0.717, 1.165) is 39.3 Å². The molecular formula is C31H21N3. The lowest BCUT2D eigenvalue weighted by Gasteiger charge is -2.10. The van der Waals surface area contributed by atoms with Gasteiger partial charge in [0, 0.05) is 27.7 Å². The zero-order chi connectivity index (χ0) is 22.5. The first kappa shape index (κ1) is 18.9. The molecule has 3 nitrogen and oxygen atoms in total. The monoisotopic (exact) mass is 435 g/mol. The Kier molecular flexibility index (Phi) is 4.15. The van der Waals surface area contributed by atoms with Crippen molar-refractivity contribution < 1.29 is 0 Å². The molecule has 0 spiro atoms. The van der Waals surface area contributed by atoms with E-state index >= 15 is 0 Å². The van der Waals surface area contributed by atoms with Crippen molar-refractivity contribution in [3.8, 4) is 22.8 Å². The molecule has 2 heterocycles. The second-order valence-corrected chi connectivity index (χ2v) is 8.49. The van der Waals surface area contributed by atoms with Crippen molar-refractivity contribution in [2.24, 2.45) is 0 Å². The number of imidazole rings is 1. The van der Waals surface area contributed by atoms with Crippen LogP contribution in [0.25, 0.3) is 55.6 Å². The maximum atomic E-state index is 5.29. The average Bonchev–Trinajstić information content (AvgIpc) is 3.46. The summed E-state index contributed by atoms with van der Waals surface area (Å²) in [6, 6.07) is 44.6. The molecule has 0 bridgehead atoms. The molecule has 0 unspecified atom stereocenters. The Morgan fingerprint density at radius 3 is 1.71 bits per heavy atom. The summed E-state index contributed by atoms with van der Waals surface area (Å²) >= 11 is 0. The highest BCUT2D eigenvalue weighted by Crippen LogP contribution is 2.39. The van der Waals surface area contributed by atoms with E-state index in [2.05, 4.69) is 130 Å². The molecule has 5 aromatic carbocycles. The Balaban J connectivity index is 1.66. The number of benzene rings is 5. The molecule has 0 atom stereocenters. The number of aromatic nitrogens is 3. The van der Waals surface area contributed by atoms with Crippen molar-refractivity contribution >= 4 is 32.8 Å². The first-order chi connectivity index (χ1) is 16.9. The summed E-state index contributed by atoms with van der Waals surface area (Å²) in [7, 11) is 0. The summed E-state index contributed by atoms with van der Waals surface area (Å²) < 4.78 is 4.62. The van der Waals surface area contributed by atoms with Gasteiger partial charge in [-0.1, -0.05) is 84.9 Å². The molecule has 7 aromatic rings. The van der Waals surface area contributed by atoms with Crippen LogP contribution in [0.5, 0.6) is 0 Å². The number of rotatable bonds is 3. The molecule has 0 amide bonds. The third kappa shape index (κ3) is 2.74. The summed E-state index contributed by atoms with van der Waals surface area (Å²) in [6.45, 7) is 0. The maximum Gasteiger partial charge on any atom is 0.145 e. The van der Waals surface area contributed by atoms with Crippen molar-refractivity contribution in [3.05, 3.63) is 127 Å². The number of hydrogen-bond donors (Lipinski definition) is 0. The fraction of sp³-hybridized carbons (Fsp3) is 0. The molecule has 0 saturated heterocycles. The van der Waals surface area contributed by atoms with Crippen LogP contribution in [0.15, 0.2) is 127 Å². The smallest absolute Gasteiger partial charge is 0.145 e. The van der Waals surface area contributed by atoms with Crippen molar-refractivity contribution in [1.82, 2.24) is 14.1 Å². The molecule has 7 rings (SSSR count). The van der Waals surface area contributed by atoms with E-state index in [9.17, 15) is 0 Å². The molecule has 0 aliphatic carbocycles. The second-order valence-electron chi connectivity index (χ2n) is 8.49. The topological polar surface area (TPSA) is 22.8 Å². The Bertz CT molecular complexity index is 1780. The Labute approximate surface area is 197 Å². The molecule has 34 heavy (non-hydrogen) atoms. The van der Waals surface area contributed by atoms with Crippen molar-refractivity contribution in [2.75, 3.05) is 0 Å². The maximum absolute atomic E-state index is 5.29. The van der Waals surface area contributed by atoms with Crippen LogP contribution in [0, 0.1) is 0 Å². The van der Waals surface area contributed by atoms with Gasteiger partial charge in [-0.15, -0.1) is 0 Å². The highest BCUT2D eigenvalue weighted by Gasteiger charge is 2.20. The predicted octanol–water partition coefficient (Wildman–Crippen LogP) is 7.79. The van der Waals surface area contributed by atoms with Crippen LogP contribution in [0.1, 0.15) is 0 Å². The number of fused-ring (bicyclic) bond motifs is 5. The minimum absolute atomic E-state index is 0.950. The van der Waals surface area contributed by atoms with E-state index in [1.54, 1.807) is 0 Å². The predicted molar refractivity (Wildman–Crippen MR) is 141 cm³/mol. The zero-order valence-electron chi connectivity index (χ0n) is 18.5. The van der Waals surface area contributed by atoms with Crippen LogP contribution in [0.2, 0.25) is 0 Å². The Morgan fingerprint density at radius 2 is 1.00 bits per heavy atom. The minimum Gasteiger partial charge on any atom is -0.309 e. The largest absolute Gasteiger partial charge is 0.309 e. The molecule has 160 valence electrons. The molecule has 0 aliphatic rings. The fourth-order valence-electron chi connectivity index (χ4n) is 5.07. The lowest BCUT2D eigenvalue weighted by molar-refractivity contribution is 1.10. The SMILES string of the molecule is c1ccc(-c2nc3c4c5ccccc5n(-c5ccccc5)c4ccc3n2-c2ccccc2)cc1. The van der Waals surface area contributed by atoms with Gasteiger partial charge in [-0.05, 0) is 42.5 Å². The van der Waals surface area contributed by atoms with Crippen LogP contribution in [0.3, 0.4) is 0 Å². The summed E-state index contributed by atoms with van der Waals surface area (Å²) in [5.41, 5.74) is 7.83. The lowest BCUT2D eigenvalue weighted by atomic mass is 10.1. The normalized spacial score (nSPS) is 11.5. The second kappa shape index (κ2) is 7.46. The summed E-state index contributed by atoms with van der Waals surface area (Å²) in [6.07, 6.45) is 0. The van der Waals surface area contributed by atoms with Gasteiger partial charge in [0.05, 0.1) is 22.1 Å². The van der Waals surface area contributed by atoms with Gasteiger partial charge < -0.3 is 4.57 Å². The van der Waals surface area contributed by atoms with Gasteiger partial charge in [0.25, 0.3) is 0 Å². The highest BCUT2D eigenvalue weighted by atomic mass is 15.1. The van der Waals surface area contributed by atoms with Crippen LogP contribution < -0.4 is 0 Å². The van der Waals surface area contributed by atoms with Gasteiger partial charge in [-0.25, -0.2) is 4.98 Å². The summed E-state index contributed by atoms with van der Waals surface area (Å²) in [5, 5.41) is 2.40. The average molecular weight is 436 g/mol. The number of nitrogens with zero attached hydrogens (tertiary/aromatic N) is 3. The first-order valence-electron chi connectivity index (χ1n) is 11.5. The van der Waals surface area contributed by atoms with Gasteiger partial charge in [-0.3, -0.25) is 4.57 Å². The van der Waals surface area contributed by atoms with Crippen molar-refractivity contribution in [3.63, 3.8) is 0 Å². The van der Waals surface area contributed by atoms with E-state index in [1.807, 2.05) is 6.07 Å². The lowest BCUT2D eigenvalue weighted by Crippen LogP contribution is -1.97. The molecule has 2 aromatic heterocycles. The molecule has 3 heteroatoms.